The van der Waals surface area contributed by atoms with Crippen molar-refractivity contribution in [1.29, 1.82) is 0 Å². The van der Waals surface area contributed by atoms with E-state index in [1.807, 2.05) is 0 Å². The molecule has 1 saturated heterocycles. The molecular formula is C11H13ClF2N2O3S. The summed E-state index contributed by atoms with van der Waals surface area (Å²) in [5, 5.41) is 2.85. The molecule has 0 spiro atoms. The number of ether oxygens (including phenoxy) is 1. The summed E-state index contributed by atoms with van der Waals surface area (Å²) in [6.45, 7) is -1.72. The van der Waals surface area contributed by atoms with Crippen LogP contribution in [0.1, 0.15) is 6.42 Å². The Bertz CT molecular complexity index is 577. The molecule has 20 heavy (non-hydrogen) atoms. The Morgan fingerprint density at radius 2 is 2.20 bits per heavy atom. The average Bonchev–Trinajstić information content (AvgIpc) is 2.83. The zero-order valence-corrected chi connectivity index (χ0v) is 11.8. The van der Waals surface area contributed by atoms with Crippen LogP contribution in [0.25, 0.3) is 0 Å². The van der Waals surface area contributed by atoms with Gasteiger partial charge in [-0.15, -0.1) is 0 Å². The van der Waals surface area contributed by atoms with Crippen LogP contribution in [-0.4, -0.2) is 34.2 Å². The van der Waals surface area contributed by atoms with E-state index in [2.05, 4.69) is 14.8 Å². The first-order chi connectivity index (χ1) is 9.38. The van der Waals surface area contributed by atoms with Crippen LogP contribution in [-0.2, 0) is 10.0 Å². The fraction of sp³-hybridized carbons (Fsp3) is 0.455. The molecule has 1 aliphatic heterocycles. The van der Waals surface area contributed by atoms with Gasteiger partial charge in [-0.25, -0.2) is 13.1 Å². The molecule has 5 nitrogen and oxygen atoms in total. The van der Waals surface area contributed by atoms with Gasteiger partial charge >= 0.3 is 6.61 Å². The molecule has 9 heteroatoms. The Labute approximate surface area is 120 Å². The summed E-state index contributed by atoms with van der Waals surface area (Å²) >= 11 is 5.73. The highest BCUT2D eigenvalue weighted by molar-refractivity contribution is 7.89. The highest BCUT2D eigenvalue weighted by Gasteiger charge is 2.23. The number of sulfonamides is 1. The van der Waals surface area contributed by atoms with Gasteiger partial charge in [-0.1, -0.05) is 11.6 Å². The third-order valence-electron chi connectivity index (χ3n) is 2.81. The van der Waals surface area contributed by atoms with E-state index in [1.165, 1.54) is 6.07 Å². The number of nitrogens with one attached hydrogen (secondary N) is 2. The number of hydrogen-bond acceptors (Lipinski definition) is 4. The van der Waals surface area contributed by atoms with E-state index >= 15 is 0 Å². The smallest absolute Gasteiger partial charge is 0.387 e. The second-order valence-electron chi connectivity index (χ2n) is 4.28. The maximum Gasteiger partial charge on any atom is 0.387 e. The van der Waals surface area contributed by atoms with Gasteiger partial charge in [0.1, 0.15) is 5.75 Å². The van der Waals surface area contributed by atoms with E-state index in [1.54, 1.807) is 0 Å². The SMILES string of the molecule is O=S(=O)(N[C@@H]1CCNC1)c1ccc(OC(F)F)c(Cl)c1. The van der Waals surface area contributed by atoms with Gasteiger partial charge in [0.05, 0.1) is 9.92 Å². The van der Waals surface area contributed by atoms with Gasteiger partial charge in [0, 0.05) is 12.6 Å². The topological polar surface area (TPSA) is 67.4 Å². The zero-order valence-electron chi connectivity index (χ0n) is 10.3. The summed E-state index contributed by atoms with van der Waals surface area (Å²) in [6.07, 6.45) is 0.694. The Balaban J connectivity index is 2.17. The fourth-order valence-corrected chi connectivity index (χ4v) is 3.47. The lowest BCUT2D eigenvalue weighted by Gasteiger charge is -2.13. The van der Waals surface area contributed by atoms with Crippen molar-refractivity contribution in [3.05, 3.63) is 23.2 Å². The van der Waals surface area contributed by atoms with Gasteiger partial charge in [0.2, 0.25) is 10.0 Å². The van der Waals surface area contributed by atoms with Crippen LogP contribution in [0.2, 0.25) is 5.02 Å². The van der Waals surface area contributed by atoms with Crippen molar-refractivity contribution in [3.8, 4) is 5.75 Å². The third kappa shape index (κ3) is 3.78. The highest BCUT2D eigenvalue weighted by Crippen LogP contribution is 2.28. The van der Waals surface area contributed by atoms with E-state index < -0.39 is 16.6 Å². The summed E-state index contributed by atoms with van der Waals surface area (Å²) in [4.78, 5) is -0.0870. The maximum atomic E-state index is 12.1. The lowest BCUT2D eigenvalue weighted by Crippen LogP contribution is -2.36. The Morgan fingerprint density at radius 3 is 2.75 bits per heavy atom. The Hall–Kier alpha value is -0.960. The summed E-state index contributed by atoms with van der Waals surface area (Å²) < 4.78 is 55.0. The van der Waals surface area contributed by atoms with Crippen LogP contribution in [0.4, 0.5) is 8.78 Å². The molecule has 1 fully saturated rings. The molecule has 0 aromatic heterocycles. The van der Waals surface area contributed by atoms with E-state index in [9.17, 15) is 17.2 Å². The number of benzene rings is 1. The summed E-state index contributed by atoms with van der Waals surface area (Å²) in [7, 11) is -3.73. The van der Waals surface area contributed by atoms with Crippen LogP contribution >= 0.6 is 11.6 Å². The lowest BCUT2D eigenvalue weighted by molar-refractivity contribution is -0.0498. The van der Waals surface area contributed by atoms with E-state index in [4.69, 9.17) is 11.6 Å². The molecule has 1 aliphatic rings. The molecule has 2 rings (SSSR count). The molecule has 1 atom stereocenters. The largest absolute Gasteiger partial charge is 0.433 e. The molecule has 1 aromatic rings. The molecule has 112 valence electrons. The number of alkyl halides is 2. The van der Waals surface area contributed by atoms with E-state index in [0.29, 0.717) is 13.0 Å². The molecule has 0 bridgehead atoms. The molecule has 1 heterocycles. The summed E-state index contributed by atoms with van der Waals surface area (Å²) in [5.74, 6) is -0.261. The Morgan fingerprint density at radius 1 is 1.45 bits per heavy atom. The average molecular weight is 327 g/mol. The predicted molar refractivity (Wildman–Crippen MR) is 69.7 cm³/mol. The molecular weight excluding hydrogens is 314 g/mol. The van der Waals surface area contributed by atoms with Crippen LogP contribution in [0.5, 0.6) is 5.75 Å². The van der Waals surface area contributed by atoms with Crippen molar-refractivity contribution >= 4 is 21.6 Å². The second-order valence-corrected chi connectivity index (χ2v) is 6.40. The third-order valence-corrected chi connectivity index (χ3v) is 4.63. The van der Waals surface area contributed by atoms with Gasteiger partial charge in [-0.05, 0) is 31.2 Å². The summed E-state index contributed by atoms with van der Waals surface area (Å²) in [6, 6.07) is 3.18. The van der Waals surface area contributed by atoms with Crippen LogP contribution in [0.3, 0.4) is 0 Å². The normalized spacial score (nSPS) is 19.5. The number of rotatable bonds is 5. The summed E-state index contributed by atoms with van der Waals surface area (Å²) in [5.41, 5.74) is 0. The first-order valence-electron chi connectivity index (χ1n) is 5.86. The first-order valence-corrected chi connectivity index (χ1v) is 7.72. The predicted octanol–water partition coefficient (Wildman–Crippen LogP) is 1.58. The first kappa shape index (κ1) is 15.4. The highest BCUT2D eigenvalue weighted by atomic mass is 35.5. The van der Waals surface area contributed by atoms with Crippen molar-refractivity contribution in [2.45, 2.75) is 24.0 Å². The monoisotopic (exact) mass is 326 g/mol. The van der Waals surface area contributed by atoms with Gasteiger partial charge in [-0.3, -0.25) is 0 Å². The zero-order chi connectivity index (χ0) is 14.8. The van der Waals surface area contributed by atoms with Crippen molar-refractivity contribution in [1.82, 2.24) is 10.0 Å². The van der Waals surface area contributed by atoms with Gasteiger partial charge in [0.15, 0.2) is 0 Å². The molecule has 0 radical (unpaired) electrons. The van der Waals surface area contributed by atoms with E-state index in [-0.39, 0.29) is 21.7 Å². The van der Waals surface area contributed by atoms with Gasteiger partial charge in [0.25, 0.3) is 0 Å². The quantitative estimate of drug-likeness (QED) is 0.862. The minimum absolute atomic E-state index is 0.0870. The molecule has 0 amide bonds. The van der Waals surface area contributed by atoms with Gasteiger partial charge < -0.3 is 10.1 Å². The lowest BCUT2D eigenvalue weighted by atomic mass is 10.3. The molecule has 1 aromatic carbocycles. The van der Waals surface area contributed by atoms with Crippen molar-refractivity contribution in [2.24, 2.45) is 0 Å². The van der Waals surface area contributed by atoms with Crippen molar-refractivity contribution in [3.63, 3.8) is 0 Å². The van der Waals surface area contributed by atoms with E-state index in [0.717, 1.165) is 18.7 Å². The van der Waals surface area contributed by atoms with Gasteiger partial charge in [-0.2, -0.15) is 8.78 Å². The fourth-order valence-electron chi connectivity index (χ4n) is 1.88. The molecule has 2 N–H and O–H groups in total. The number of halogens is 3. The maximum absolute atomic E-state index is 12.1. The molecule has 0 unspecified atom stereocenters. The van der Waals surface area contributed by atoms with Crippen molar-refractivity contribution < 1.29 is 21.9 Å². The minimum atomic E-state index is -3.73. The number of hydrogen-bond donors (Lipinski definition) is 2. The van der Waals surface area contributed by atoms with Crippen LogP contribution in [0.15, 0.2) is 23.1 Å². The second kappa shape index (κ2) is 6.21. The minimum Gasteiger partial charge on any atom is -0.433 e. The molecule has 0 saturated carbocycles. The van der Waals surface area contributed by atoms with Crippen molar-refractivity contribution in [2.75, 3.05) is 13.1 Å². The Kier molecular flexibility index (Phi) is 4.79. The standard InChI is InChI=1S/C11H13ClF2N2O3S/c12-9-5-8(1-2-10(9)19-11(13)14)20(17,18)16-7-3-4-15-6-7/h1-2,5,7,11,15-16H,3-4,6H2/t7-/m1/s1. The van der Waals surface area contributed by atoms with Crippen LogP contribution < -0.4 is 14.8 Å². The molecule has 0 aliphatic carbocycles. The van der Waals surface area contributed by atoms with Crippen LogP contribution in [0, 0.1) is 0 Å².